The summed E-state index contributed by atoms with van der Waals surface area (Å²) >= 11 is 0. The molecule has 2 heterocycles. The van der Waals surface area contributed by atoms with E-state index in [9.17, 15) is 44.0 Å². The summed E-state index contributed by atoms with van der Waals surface area (Å²) in [5.74, 6) is -4.01. The molecule has 2 aliphatic rings. The van der Waals surface area contributed by atoms with Crippen LogP contribution in [0.4, 0.5) is 24.9 Å². The molecule has 1 unspecified atom stereocenters. The molecular formula is C30H37N5O16. The maximum atomic E-state index is 13.0. The van der Waals surface area contributed by atoms with Gasteiger partial charge in [-0.1, -0.05) is 0 Å². The fraction of sp³-hybridized carbons (Fsp3) is 0.500. The third-order valence-corrected chi connectivity index (χ3v) is 6.19. The van der Waals surface area contributed by atoms with Gasteiger partial charge in [-0.25, -0.2) is 29.0 Å². The molecule has 0 radical (unpaired) electrons. The highest BCUT2D eigenvalue weighted by atomic mass is 16.8. The third kappa shape index (κ3) is 12.4. The lowest BCUT2D eigenvalue weighted by Crippen LogP contribution is -2.61. The van der Waals surface area contributed by atoms with Gasteiger partial charge in [0.25, 0.3) is 5.69 Å². The van der Waals surface area contributed by atoms with Crippen molar-refractivity contribution in [1.29, 1.82) is 0 Å². The average molecular weight is 724 g/mol. The highest BCUT2D eigenvalue weighted by molar-refractivity contribution is 6.01. The van der Waals surface area contributed by atoms with Gasteiger partial charge >= 0.3 is 30.5 Å². The zero-order valence-corrected chi connectivity index (χ0v) is 28.4. The van der Waals surface area contributed by atoms with E-state index in [0.717, 1.165) is 37.3 Å². The normalized spacial score (nSPS) is 20.4. The number of hydrogen-bond acceptors (Lipinski definition) is 16. The first-order chi connectivity index (χ1) is 23.6. The Balaban J connectivity index is 2.08. The number of carboxylic acid groups (broad SMARTS) is 1. The van der Waals surface area contributed by atoms with Crippen molar-refractivity contribution < 1.29 is 72.0 Å². The third-order valence-electron chi connectivity index (χ3n) is 6.19. The number of cyclic esters (lactones) is 2. The fourth-order valence-electron chi connectivity index (χ4n) is 4.40. The van der Waals surface area contributed by atoms with E-state index in [4.69, 9.17) is 33.2 Å². The molecule has 1 fully saturated rings. The van der Waals surface area contributed by atoms with Crippen LogP contribution >= 0.6 is 0 Å². The number of guanidine groups is 1. The number of aliphatic imine (C=N–C) groups is 1. The number of nitro benzene ring substituents is 1. The van der Waals surface area contributed by atoms with Crippen LogP contribution in [0.2, 0.25) is 0 Å². The Morgan fingerprint density at radius 2 is 1.55 bits per heavy atom. The zero-order chi connectivity index (χ0) is 38.3. The fourth-order valence-corrected chi connectivity index (χ4v) is 4.40. The summed E-state index contributed by atoms with van der Waals surface area (Å²) in [6.45, 7) is 9.94. The number of ether oxygens (including phenoxy) is 7. The van der Waals surface area contributed by atoms with Crippen molar-refractivity contribution in [3.8, 4) is 5.75 Å². The minimum absolute atomic E-state index is 0.202. The second-order valence-electron chi connectivity index (χ2n) is 12.8. The van der Waals surface area contributed by atoms with Crippen molar-refractivity contribution in [3.05, 3.63) is 46.2 Å². The van der Waals surface area contributed by atoms with Crippen molar-refractivity contribution in [1.82, 2.24) is 16.0 Å². The molecule has 0 aliphatic carbocycles. The minimum Gasteiger partial charge on any atom is -0.477 e. The predicted molar refractivity (Wildman–Crippen MR) is 168 cm³/mol. The Labute approximate surface area is 289 Å². The molecule has 21 nitrogen and oxygen atoms in total. The molecule has 0 aromatic heterocycles. The van der Waals surface area contributed by atoms with E-state index in [1.165, 1.54) is 0 Å². The molecule has 1 saturated heterocycles. The first kappa shape index (κ1) is 39.3. The van der Waals surface area contributed by atoms with Crippen molar-refractivity contribution in [2.24, 2.45) is 4.99 Å². The first-order valence-electron chi connectivity index (χ1n) is 15.0. The van der Waals surface area contributed by atoms with Crippen molar-refractivity contribution >= 4 is 48.0 Å². The van der Waals surface area contributed by atoms with E-state index >= 15 is 0 Å². The summed E-state index contributed by atoms with van der Waals surface area (Å²) in [5, 5.41) is 27.9. The molecule has 4 N–H and O–H groups in total. The summed E-state index contributed by atoms with van der Waals surface area (Å²) in [6.07, 6.45) is -8.91. The number of non-ortho nitro benzene ring substituents is 1. The molecule has 21 heteroatoms. The lowest BCUT2D eigenvalue weighted by Gasteiger charge is -2.39. The summed E-state index contributed by atoms with van der Waals surface area (Å²) in [6, 6.07) is 1.26. The van der Waals surface area contributed by atoms with Crippen LogP contribution < -0.4 is 20.7 Å². The molecule has 1 aromatic carbocycles. The molecule has 0 bridgehead atoms. The van der Waals surface area contributed by atoms with Crippen molar-refractivity contribution in [3.63, 3.8) is 0 Å². The maximum absolute atomic E-state index is 13.0. The van der Waals surface area contributed by atoms with E-state index in [0.29, 0.717) is 0 Å². The summed E-state index contributed by atoms with van der Waals surface area (Å²) in [4.78, 5) is 89.7. The predicted octanol–water partition coefficient (Wildman–Crippen LogP) is 2.66. The number of rotatable bonds is 8. The molecule has 2 aliphatic heterocycles. The number of carbonyl (C=O) groups is 6. The Hall–Kier alpha value is -6.15. The molecule has 0 saturated carbocycles. The average Bonchev–Trinajstić information content (AvgIpc) is 3.40. The van der Waals surface area contributed by atoms with Crippen LogP contribution in [0.5, 0.6) is 5.75 Å². The van der Waals surface area contributed by atoms with Crippen LogP contribution in [0, 0.1) is 10.1 Å². The number of nitro groups is 1. The van der Waals surface area contributed by atoms with E-state index in [2.05, 4.69) is 20.9 Å². The van der Waals surface area contributed by atoms with Crippen LogP contribution in [-0.2, 0) is 38.0 Å². The Morgan fingerprint density at radius 3 is 2.00 bits per heavy atom. The smallest absolute Gasteiger partial charge is 0.477 e. The lowest BCUT2D eigenvalue weighted by molar-refractivity contribution is -0.384. The quantitative estimate of drug-likeness (QED) is 0.0570. The largest absolute Gasteiger partial charge is 0.514 e. The van der Waals surface area contributed by atoms with E-state index in [-0.39, 0.29) is 11.4 Å². The number of alkyl carbamates (subject to hydrolysis) is 2. The maximum Gasteiger partial charge on any atom is 0.514 e. The minimum atomic E-state index is -1.79. The zero-order valence-electron chi connectivity index (χ0n) is 28.4. The number of nitrogens with one attached hydrogen (secondary N) is 3. The number of aliphatic carboxylic acids is 1. The van der Waals surface area contributed by atoms with Gasteiger partial charge in [0.2, 0.25) is 17.6 Å². The van der Waals surface area contributed by atoms with Gasteiger partial charge in [-0.15, -0.1) is 0 Å². The molecule has 3 amide bonds. The van der Waals surface area contributed by atoms with Crippen LogP contribution in [0.25, 0.3) is 0 Å². The molecule has 3 rings (SSSR count). The molecular weight excluding hydrogens is 686 g/mol. The number of benzene rings is 1. The van der Waals surface area contributed by atoms with Gasteiger partial charge in [0.15, 0.2) is 18.3 Å². The molecule has 278 valence electrons. The second kappa shape index (κ2) is 16.0. The van der Waals surface area contributed by atoms with Gasteiger partial charge in [-0.3, -0.25) is 25.5 Å². The van der Waals surface area contributed by atoms with Gasteiger partial charge < -0.3 is 43.6 Å². The van der Waals surface area contributed by atoms with Crippen molar-refractivity contribution in [2.75, 3.05) is 6.61 Å². The summed E-state index contributed by atoms with van der Waals surface area (Å²) in [7, 11) is 0. The highest BCUT2D eigenvalue weighted by Gasteiger charge is 2.50. The number of nitrogens with zero attached hydrogens (tertiary/aromatic N) is 2. The topological polar surface area (TPSA) is 279 Å². The van der Waals surface area contributed by atoms with Gasteiger partial charge in [-0.2, -0.15) is 0 Å². The molecule has 5 atom stereocenters. The Kier molecular flexibility index (Phi) is 12.4. The number of hydrogen-bond donors (Lipinski definition) is 4. The van der Waals surface area contributed by atoms with Crippen LogP contribution in [0.1, 0.15) is 48.5 Å². The Bertz CT molecular complexity index is 1560. The summed E-state index contributed by atoms with van der Waals surface area (Å²) < 4.78 is 36.7. The monoisotopic (exact) mass is 723 g/mol. The second-order valence-corrected chi connectivity index (χ2v) is 12.8. The Morgan fingerprint density at radius 1 is 0.980 bits per heavy atom. The van der Waals surface area contributed by atoms with Gasteiger partial charge in [0.1, 0.15) is 23.6 Å². The van der Waals surface area contributed by atoms with Gasteiger partial charge in [0.05, 0.1) is 17.0 Å². The first-order valence-corrected chi connectivity index (χ1v) is 15.0. The number of carbonyl (C=O) groups excluding carboxylic acids is 5. The van der Waals surface area contributed by atoms with E-state index < -0.39 is 101 Å². The van der Waals surface area contributed by atoms with Gasteiger partial charge in [0, 0.05) is 19.1 Å². The van der Waals surface area contributed by atoms with Crippen molar-refractivity contribution in [2.45, 2.75) is 90.1 Å². The summed E-state index contributed by atoms with van der Waals surface area (Å²) in [5.41, 5.74) is -2.32. The standard InChI is InChI=1S/C30H37N5O16/c1-14(36)31-20-17(32-24(33-25(39)50-29(2,3)4)34-26(40)51-30(5,6)7)12-18(23(37)38)47-22(20)21(19-13-45-27(41)48-19)49-28(42)46-16-10-8-15(9-11-16)35(43)44/h8-12,17,19-22H,13H2,1-7H3,(H,31,36)(H,37,38)(H2,32,33,34,39,40)/t17-,19+,20+,21?,22+/m0/s1. The van der Waals surface area contributed by atoms with E-state index in [1.807, 2.05) is 0 Å². The van der Waals surface area contributed by atoms with E-state index in [1.54, 1.807) is 41.5 Å². The number of amides is 3. The van der Waals surface area contributed by atoms with Gasteiger partial charge in [-0.05, 0) is 59.8 Å². The number of carboxylic acids is 1. The lowest BCUT2D eigenvalue weighted by atomic mass is 9.92. The van der Waals surface area contributed by atoms with Crippen LogP contribution in [0.15, 0.2) is 41.1 Å². The highest BCUT2D eigenvalue weighted by Crippen LogP contribution is 2.30. The molecule has 1 aromatic rings. The van der Waals surface area contributed by atoms with Crippen LogP contribution in [-0.4, -0.2) is 101 Å². The SMILES string of the molecule is CC(=O)N[C@@H]1[C@@H](N=C(NC(=O)OC(C)(C)C)NC(=O)OC(C)(C)C)C=C(C(=O)O)O[C@H]1C(OC(=O)Oc1ccc([N+](=O)[O-])cc1)[C@H]1COC(=O)O1. The molecule has 51 heavy (non-hydrogen) atoms. The van der Waals surface area contributed by atoms with Crippen LogP contribution in [0.3, 0.4) is 0 Å². The molecule has 0 spiro atoms.